The topological polar surface area (TPSA) is 58.1 Å². The van der Waals surface area contributed by atoms with Crippen molar-refractivity contribution in [2.24, 2.45) is 0 Å². The van der Waals surface area contributed by atoms with Gasteiger partial charge >= 0.3 is 0 Å². The summed E-state index contributed by atoms with van der Waals surface area (Å²) in [5, 5.41) is 2.75. The van der Waals surface area contributed by atoms with E-state index in [4.69, 9.17) is 0 Å². The van der Waals surface area contributed by atoms with Gasteiger partial charge in [-0.2, -0.15) is 0 Å². The SMILES string of the molecule is CN(C)CC(=O)NCc1cnccn1. The van der Waals surface area contributed by atoms with Crippen LogP contribution >= 0.6 is 0 Å². The molecule has 0 aliphatic rings. The van der Waals surface area contributed by atoms with E-state index in [1.807, 2.05) is 19.0 Å². The lowest BCUT2D eigenvalue weighted by molar-refractivity contribution is -0.121. The number of nitrogens with one attached hydrogen (secondary N) is 1. The number of carbonyl (C=O) groups is 1. The zero-order valence-corrected chi connectivity index (χ0v) is 8.40. The maximum Gasteiger partial charge on any atom is 0.234 e. The van der Waals surface area contributed by atoms with Gasteiger partial charge in [0, 0.05) is 12.4 Å². The molecule has 0 aliphatic heterocycles. The third-order valence-electron chi connectivity index (χ3n) is 1.54. The van der Waals surface area contributed by atoms with Crippen molar-refractivity contribution >= 4 is 5.91 Å². The largest absolute Gasteiger partial charge is 0.349 e. The van der Waals surface area contributed by atoms with Crippen molar-refractivity contribution in [3.8, 4) is 0 Å². The molecule has 0 atom stereocenters. The minimum absolute atomic E-state index is 0.0133. The fourth-order valence-corrected chi connectivity index (χ4v) is 0.954. The second-order valence-electron chi connectivity index (χ2n) is 3.21. The highest BCUT2D eigenvalue weighted by Gasteiger charge is 2.02. The third-order valence-corrected chi connectivity index (χ3v) is 1.54. The first kappa shape index (κ1) is 10.6. The number of amides is 1. The molecule has 0 saturated heterocycles. The lowest BCUT2D eigenvalue weighted by Gasteiger charge is -2.09. The lowest BCUT2D eigenvalue weighted by Crippen LogP contribution is -2.33. The van der Waals surface area contributed by atoms with Crippen LogP contribution in [0.4, 0.5) is 0 Å². The maximum atomic E-state index is 11.2. The minimum Gasteiger partial charge on any atom is -0.349 e. The van der Waals surface area contributed by atoms with Crippen LogP contribution in [0.5, 0.6) is 0 Å². The van der Waals surface area contributed by atoms with Gasteiger partial charge in [-0.15, -0.1) is 0 Å². The molecule has 0 fully saturated rings. The number of hydrogen-bond donors (Lipinski definition) is 1. The van der Waals surface area contributed by atoms with Crippen molar-refractivity contribution < 1.29 is 4.79 Å². The molecule has 14 heavy (non-hydrogen) atoms. The van der Waals surface area contributed by atoms with Gasteiger partial charge in [0.1, 0.15) is 0 Å². The van der Waals surface area contributed by atoms with Gasteiger partial charge in [-0.3, -0.25) is 14.8 Å². The molecule has 0 radical (unpaired) electrons. The van der Waals surface area contributed by atoms with Crippen molar-refractivity contribution in [2.75, 3.05) is 20.6 Å². The zero-order chi connectivity index (χ0) is 10.4. The van der Waals surface area contributed by atoms with Crippen molar-refractivity contribution in [1.82, 2.24) is 20.2 Å². The monoisotopic (exact) mass is 194 g/mol. The summed E-state index contributed by atoms with van der Waals surface area (Å²) < 4.78 is 0. The van der Waals surface area contributed by atoms with Gasteiger partial charge in [0.2, 0.25) is 5.91 Å². The summed E-state index contributed by atoms with van der Waals surface area (Å²) in [6.45, 7) is 0.820. The number of carbonyl (C=O) groups excluding carboxylic acids is 1. The molecule has 0 unspecified atom stereocenters. The highest BCUT2D eigenvalue weighted by Crippen LogP contribution is 1.88. The molecular formula is C9H14N4O. The Bertz CT molecular complexity index is 286. The van der Waals surface area contributed by atoms with Gasteiger partial charge in [0.05, 0.1) is 25.0 Å². The van der Waals surface area contributed by atoms with E-state index in [1.165, 1.54) is 0 Å². The van der Waals surface area contributed by atoms with Crippen LogP contribution in [0, 0.1) is 0 Å². The van der Waals surface area contributed by atoms with Gasteiger partial charge in [-0.05, 0) is 14.1 Å². The predicted molar refractivity (Wildman–Crippen MR) is 52.4 cm³/mol. The molecule has 76 valence electrons. The fourth-order valence-electron chi connectivity index (χ4n) is 0.954. The van der Waals surface area contributed by atoms with Gasteiger partial charge in [0.15, 0.2) is 0 Å². The first-order valence-corrected chi connectivity index (χ1v) is 4.35. The summed E-state index contributed by atoms with van der Waals surface area (Å²) in [4.78, 5) is 21.0. The maximum absolute atomic E-state index is 11.2. The molecule has 0 bridgehead atoms. The number of aromatic nitrogens is 2. The smallest absolute Gasteiger partial charge is 0.234 e. The molecule has 1 heterocycles. The van der Waals surface area contributed by atoms with E-state index in [-0.39, 0.29) is 5.91 Å². The van der Waals surface area contributed by atoms with E-state index >= 15 is 0 Å². The first-order chi connectivity index (χ1) is 6.68. The third kappa shape index (κ3) is 3.95. The van der Waals surface area contributed by atoms with Crippen LogP contribution in [0.3, 0.4) is 0 Å². The summed E-state index contributed by atoms with van der Waals surface area (Å²) in [5.74, 6) is -0.0133. The quantitative estimate of drug-likeness (QED) is 0.712. The molecule has 1 rings (SSSR count). The Kier molecular flexibility index (Phi) is 4.00. The predicted octanol–water partition coefficient (Wildman–Crippen LogP) is -0.346. The van der Waals surface area contributed by atoms with Gasteiger partial charge < -0.3 is 10.2 Å². The second kappa shape index (κ2) is 5.29. The Balaban J connectivity index is 2.31. The van der Waals surface area contributed by atoms with Crippen molar-refractivity contribution in [3.63, 3.8) is 0 Å². The van der Waals surface area contributed by atoms with Crippen molar-refractivity contribution in [1.29, 1.82) is 0 Å². The second-order valence-corrected chi connectivity index (χ2v) is 3.21. The van der Waals surface area contributed by atoms with Crippen molar-refractivity contribution in [3.05, 3.63) is 24.3 Å². The summed E-state index contributed by atoms with van der Waals surface area (Å²) in [5.41, 5.74) is 0.764. The molecule has 5 nitrogen and oxygen atoms in total. The molecule has 0 aromatic carbocycles. The van der Waals surface area contributed by atoms with Crippen molar-refractivity contribution in [2.45, 2.75) is 6.54 Å². The lowest BCUT2D eigenvalue weighted by atomic mass is 10.4. The van der Waals surface area contributed by atoms with E-state index in [0.717, 1.165) is 5.69 Å². The Hall–Kier alpha value is -1.49. The average molecular weight is 194 g/mol. The molecule has 5 heteroatoms. The van der Waals surface area contributed by atoms with Crippen LogP contribution < -0.4 is 5.32 Å². The van der Waals surface area contributed by atoms with Crippen LogP contribution in [0.2, 0.25) is 0 Å². The Morgan fingerprint density at radius 2 is 2.29 bits per heavy atom. The van der Waals surface area contributed by atoms with Crippen LogP contribution in [0.25, 0.3) is 0 Å². The number of likely N-dealkylation sites (N-methyl/N-ethyl adjacent to an activating group) is 1. The molecule has 0 aliphatic carbocycles. The first-order valence-electron chi connectivity index (χ1n) is 4.35. The molecule has 1 aromatic heterocycles. The van der Waals surface area contributed by atoms with E-state index in [9.17, 15) is 4.79 Å². The minimum atomic E-state index is -0.0133. The Morgan fingerprint density at radius 3 is 2.86 bits per heavy atom. The van der Waals surface area contributed by atoms with E-state index < -0.39 is 0 Å². The van der Waals surface area contributed by atoms with Crippen LogP contribution in [0.1, 0.15) is 5.69 Å². The summed E-state index contributed by atoms with van der Waals surface area (Å²) >= 11 is 0. The van der Waals surface area contributed by atoms with Crippen LogP contribution in [-0.4, -0.2) is 41.4 Å². The number of hydrogen-bond acceptors (Lipinski definition) is 4. The standard InChI is InChI=1S/C9H14N4O/c1-13(2)7-9(14)12-6-8-5-10-3-4-11-8/h3-5H,6-7H2,1-2H3,(H,12,14). The molecule has 0 spiro atoms. The summed E-state index contributed by atoms with van der Waals surface area (Å²) in [6.07, 6.45) is 4.84. The van der Waals surface area contributed by atoms with Crippen LogP contribution in [-0.2, 0) is 11.3 Å². The Labute approximate surface area is 83.2 Å². The zero-order valence-electron chi connectivity index (χ0n) is 8.40. The molecule has 0 saturated carbocycles. The molecule has 1 amide bonds. The van der Waals surface area contributed by atoms with E-state index in [0.29, 0.717) is 13.1 Å². The summed E-state index contributed by atoms with van der Waals surface area (Å²) in [7, 11) is 3.70. The fraction of sp³-hybridized carbons (Fsp3) is 0.444. The summed E-state index contributed by atoms with van der Waals surface area (Å²) in [6, 6.07) is 0. The number of rotatable bonds is 4. The highest BCUT2D eigenvalue weighted by molar-refractivity contribution is 5.77. The number of nitrogens with zero attached hydrogens (tertiary/aromatic N) is 3. The average Bonchev–Trinajstić information content (AvgIpc) is 2.15. The normalized spacial score (nSPS) is 10.2. The highest BCUT2D eigenvalue weighted by atomic mass is 16.1. The van der Waals surface area contributed by atoms with Crippen LogP contribution in [0.15, 0.2) is 18.6 Å². The molecule has 1 aromatic rings. The Morgan fingerprint density at radius 1 is 1.50 bits per heavy atom. The molecule has 1 N–H and O–H groups in total. The van der Waals surface area contributed by atoms with Gasteiger partial charge in [-0.1, -0.05) is 0 Å². The van der Waals surface area contributed by atoms with Gasteiger partial charge in [0.25, 0.3) is 0 Å². The van der Waals surface area contributed by atoms with E-state index in [1.54, 1.807) is 18.6 Å². The van der Waals surface area contributed by atoms with Gasteiger partial charge in [-0.25, -0.2) is 0 Å². The molecular weight excluding hydrogens is 180 g/mol. The van der Waals surface area contributed by atoms with E-state index in [2.05, 4.69) is 15.3 Å².